The number of rotatable bonds is 6. The number of esters is 1. The van der Waals surface area contributed by atoms with E-state index in [9.17, 15) is 9.59 Å². The number of aliphatic hydroxyl groups excluding tert-OH is 1. The molecule has 1 aromatic heterocycles. The van der Waals surface area contributed by atoms with Crippen LogP contribution in [0.3, 0.4) is 0 Å². The summed E-state index contributed by atoms with van der Waals surface area (Å²) >= 11 is 1.34. The molecule has 1 heterocycles. The predicted octanol–water partition coefficient (Wildman–Crippen LogP) is 0.992. The highest BCUT2D eigenvalue weighted by Crippen LogP contribution is 2.13. The molecule has 100 valence electrons. The van der Waals surface area contributed by atoms with Crippen LogP contribution in [0.15, 0.2) is 17.5 Å². The molecule has 0 aliphatic heterocycles. The first kappa shape index (κ1) is 14.7. The van der Waals surface area contributed by atoms with Crippen molar-refractivity contribution in [3.8, 4) is 0 Å². The SMILES string of the molecule is COC(=O)C(C)CN(CCO)C(=O)c1cccs1. The Balaban J connectivity index is 2.70. The average Bonchev–Trinajstić information content (AvgIpc) is 2.90. The molecule has 0 bridgehead atoms. The zero-order valence-corrected chi connectivity index (χ0v) is 11.3. The Hall–Kier alpha value is -1.40. The molecule has 0 aromatic carbocycles. The largest absolute Gasteiger partial charge is 0.469 e. The lowest BCUT2D eigenvalue weighted by atomic mass is 10.1. The quantitative estimate of drug-likeness (QED) is 0.784. The molecular formula is C12H17NO4S. The first-order chi connectivity index (χ1) is 8.60. The fraction of sp³-hybridized carbons (Fsp3) is 0.500. The molecule has 5 nitrogen and oxygen atoms in total. The van der Waals surface area contributed by atoms with Gasteiger partial charge >= 0.3 is 5.97 Å². The molecular weight excluding hydrogens is 254 g/mol. The van der Waals surface area contributed by atoms with E-state index in [4.69, 9.17) is 5.11 Å². The molecule has 0 saturated carbocycles. The monoisotopic (exact) mass is 271 g/mol. The second kappa shape index (κ2) is 7.13. The molecule has 0 saturated heterocycles. The number of hydrogen-bond acceptors (Lipinski definition) is 5. The van der Waals surface area contributed by atoms with E-state index in [0.717, 1.165) is 0 Å². The van der Waals surface area contributed by atoms with E-state index in [1.807, 2.05) is 5.38 Å². The van der Waals surface area contributed by atoms with Crippen molar-refractivity contribution in [2.75, 3.05) is 26.8 Å². The van der Waals surface area contributed by atoms with Crippen LogP contribution in [-0.4, -0.2) is 48.7 Å². The van der Waals surface area contributed by atoms with Gasteiger partial charge in [-0.05, 0) is 11.4 Å². The van der Waals surface area contributed by atoms with E-state index in [-0.39, 0.29) is 31.6 Å². The molecule has 1 amide bonds. The minimum Gasteiger partial charge on any atom is -0.469 e. The van der Waals surface area contributed by atoms with Gasteiger partial charge < -0.3 is 14.7 Å². The van der Waals surface area contributed by atoms with Gasteiger partial charge in [0.05, 0.1) is 24.5 Å². The van der Waals surface area contributed by atoms with Crippen LogP contribution in [0.1, 0.15) is 16.6 Å². The standard InChI is InChI=1S/C12H17NO4S/c1-9(12(16)17-2)8-13(5-6-14)11(15)10-4-3-7-18-10/h3-4,7,9,14H,5-6,8H2,1-2H3. The van der Waals surface area contributed by atoms with Crippen LogP contribution in [-0.2, 0) is 9.53 Å². The number of ether oxygens (including phenoxy) is 1. The summed E-state index contributed by atoms with van der Waals surface area (Å²) in [6.45, 7) is 2.00. The lowest BCUT2D eigenvalue weighted by Gasteiger charge is -2.23. The highest BCUT2D eigenvalue weighted by molar-refractivity contribution is 7.12. The molecule has 1 aromatic rings. The summed E-state index contributed by atoms with van der Waals surface area (Å²) in [5.74, 6) is -0.947. The van der Waals surface area contributed by atoms with Crippen LogP contribution in [0.5, 0.6) is 0 Å². The first-order valence-corrected chi connectivity index (χ1v) is 6.49. The van der Waals surface area contributed by atoms with Gasteiger partial charge in [-0.3, -0.25) is 9.59 Å². The van der Waals surface area contributed by atoms with Crippen LogP contribution < -0.4 is 0 Å². The number of methoxy groups -OCH3 is 1. The van der Waals surface area contributed by atoms with Crippen LogP contribution in [0.25, 0.3) is 0 Å². The Morgan fingerprint density at radius 2 is 2.28 bits per heavy atom. The molecule has 1 unspecified atom stereocenters. The smallest absolute Gasteiger partial charge is 0.310 e. The molecule has 0 fully saturated rings. The van der Waals surface area contributed by atoms with Crippen molar-refractivity contribution in [1.82, 2.24) is 4.90 Å². The minimum atomic E-state index is -0.412. The summed E-state index contributed by atoms with van der Waals surface area (Å²) in [6, 6.07) is 3.51. The van der Waals surface area contributed by atoms with E-state index in [2.05, 4.69) is 4.74 Å². The van der Waals surface area contributed by atoms with E-state index in [1.165, 1.54) is 23.3 Å². The Labute approximate surface area is 110 Å². The van der Waals surface area contributed by atoms with Crippen molar-refractivity contribution in [1.29, 1.82) is 0 Å². The van der Waals surface area contributed by atoms with Gasteiger partial charge in [-0.25, -0.2) is 0 Å². The van der Waals surface area contributed by atoms with Crippen molar-refractivity contribution in [3.05, 3.63) is 22.4 Å². The van der Waals surface area contributed by atoms with Crippen molar-refractivity contribution < 1.29 is 19.4 Å². The van der Waals surface area contributed by atoms with Gasteiger partial charge in [0, 0.05) is 13.1 Å². The molecule has 0 radical (unpaired) electrons. The highest BCUT2D eigenvalue weighted by atomic mass is 32.1. The number of nitrogens with zero attached hydrogens (tertiary/aromatic N) is 1. The summed E-state index contributed by atoms with van der Waals surface area (Å²) in [5.41, 5.74) is 0. The number of thiophene rings is 1. The first-order valence-electron chi connectivity index (χ1n) is 5.61. The summed E-state index contributed by atoms with van der Waals surface area (Å²) in [4.78, 5) is 25.5. The molecule has 1 atom stereocenters. The molecule has 18 heavy (non-hydrogen) atoms. The topological polar surface area (TPSA) is 66.8 Å². The average molecular weight is 271 g/mol. The van der Waals surface area contributed by atoms with E-state index < -0.39 is 5.92 Å². The Bertz CT molecular complexity index is 391. The molecule has 6 heteroatoms. The highest BCUT2D eigenvalue weighted by Gasteiger charge is 2.22. The minimum absolute atomic E-state index is 0.134. The lowest BCUT2D eigenvalue weighted by molar-refractivity contribution is -0.145. The fourth-order valence-corrected chi connectivity index (χ4v) is 2.25. The van der Waals surface area contributed by atoms with Gasteiger partial charge in [0.25, 0.3) is 5.91 Å². The summed E-state index contributed by atoms with van der Waals surface area (Å²) in [7, 11) is 1.32. The fourth-order valence-electron chi connectivity index (χ4n) is 1.56. The normalized spacial score (nSPS) is 11.9. The van der Waals surface area contributed by atoms with Gasteiger partial charge in [-0.2, -0.15) is 0 Å². The maximum absolute atomic E-state index is 12.1. The van der Waals surface area contributed by atoms with Crippen LogP contribution >= 0.6 is 11.3 Å². The maximum Gasteiger partial charge on any atom is 0.310 e. The van der Waals surface area contributed by atoms with Crippen LogP contribution in [0.4, 0.5) is 0 Å². The predicted molar refractivity (Wildman–Crippen MR) is 68.5 cm³/mol. The lowest BCUT2D eigenvalue weighted by Crippen LogP contribution is -2.38. The second-order valence-electron chi connectivity index (χ2n) is 3.88. The van der Waals surface area contributed by atoms with Gasteiger partial charge in [0.1, 0.15) is 0 Å². The molecule has 1 N–H and O–H groups in total. The van der Waals surface area contributed by atoms with Gasteiger partial charge in [-0.1, -0.05) is 13.0 Å². The summed E-state index contributed by atoms with van der Waals surface area (Å²) in [5, 5.41) is 10.8. The van der Waals surface area contributed by atoms with Crippen LogP contribution in [0.2, 0.25) is 0 Å². The number of carbonyl (C=O) groups excluding carboxylic acids is 2. The Morgan fingerprint density at radius 1 is 1.56 bits per heavy atom. The zero-order chi connectivity index (χ0) is 13.5. The Kier molecular flexibility index (Phi) is 5.80. The van der Waals surface area contributed by atoms with E-state index in [1.54, 1.807) is 19.1 Å². The van der Waals surface area contributed by atoms with Crippen molar-refractivity contribution in [2.45, 2.75) is 6.92 Å². The van der Waals surface area contributed by atoms with Crippen LogP contribution in [0, 0.1) is 5.92 Å². The summed E-state index contributed by atoms with van der Waals surface area (Å²) < 4.78 is 4.62. The van der Waals surface area contributed by atoms with Crippen molar-refractivity contribution >= 4 is 23.2 Å². The van der Waals surface area contributed by atoms with Gasteiger partial charge in [0.2, 0.25) is 0 Å². The number of carbonyl (C=O) groups is 2. The third-order valence-corrected chi connectivity index (χ3v) is 3.34. The van der Waals surface area contributed by atoms with E-state index >= 15 is 0 Å². The molecule has 0 aliphatic rings. The van der Waals surface area contributed by atoms with Gasteiger partial charge in [0.15, 0.2) is 0 Å². The molecule has 0 spiro atoms. The summed E-state index contributed by atoms with van der Waals surface area (Å²) in [6.07, 6.45) is 0. The zero-order valence-electron chi connectivity index (χ0n) is 10.5. The Morgan fingerprint density at radius 3 is 2.78 bits per heavy atom. The number of hydrogen-bond donors (Lipinski definition) is 1. The molecule has 1 rings (SSSR count). The van der Waals surface area contributed by atoms with E-state index in [0.29, 0.717) is 4.88 Å². The third kappa shape index (κ3) is 3.82. The van der Waals surface area contributed by atoms with Crippen molar-refractivity contribution in [3.63, 3.8) is 0 Å². The second-order valence-corrected chi connectivity index (χ2v) is 4.82. The maximum atomic E-state index is 12.1. The molecule has 0 aliphatic carbocycles. The van der Waals surface area contributed by atoms with Crippen molar-refractivity contribution in [2.24, 2.45) is 5.92 Å². The third-order valence-electron chi connectivity index (χ3n) is 2.49. The number of amides is 1. The van der Waals surface area contributed by atoms with Gasteiger partial charge in [-0.15, -0.1) is 11.3 Å². The number of aliphatic hydroxyl groups is 1.